The van der Waals surface area contributed by atoms with Gasteiger partial charge < -0.3 is 4.74 Å². The van der Waals surface area contributed by atoms with Crippen molar-refractivity contribution in [2.45, 2.75) is 6.92 Å². The van der Waals surface area contributed by atoms with Gasteiger partial charge >= 0.3 is 0 Å². The Kier molecular flexibility index (Phi) is 4.79. The number of amides is 1. The first-order chi connectivity index (χ1) is 9.04. The van der Waals surface area contributed by atoms with Gasteiger partial charge in [-0.2, -0.15) is 0 Å². The Morgan fingerprint density at radius 3 is 3.00 bits per heavy atom. The average Bonchev–Trinajstić information content (AvgIpc) is 2.73. The highest BCUT2D eigenvalue weighted by Crippen LogP contribution is 2.27. The maximum absolute atomic E-state index is 11.7. The van der Waals surface area contributed by atoms with Crippen molar-refractivity contribution >= 4 is 49.9 Å². The lowest BCUT2D eigenvalue weighted by molar-refractivity contribution is -0.118. The zero-order chi connectivity index (χ0) is 13.8. The Hall–Kier alpha value is -1.11. The van der Waals surface area contributed by atoms with Gasteiger partial charge in [-0.1, -0.05) is 11.6 Å². The van der Waals surface area contributed by atoms with Crippen molar-refractivity contribution in [3.8, 4) is 5.75 Å². The van der Waals surface area contributed by atoms with Crippen molar-refractivity contribution in [2.24, 2.45) is 0 Å². The Morgan fingerprint density at radius 1 is 1.58 bits per heavy atom. The second kappa shape index (κ2) is 6.36. The van der Waals surface area contributed by atoms with Crippen LogP contribution in [0.5, 0.6) is 5.75 Å². The summed E-state index contributed by atoms with van der Waals surface area (Å²) in [5, 5.41) is 3.84. The number of halogens is 2. The summed E-state index contributed by atoms with van der Waals surface area (Å²) >= 11 is 10.6. The SMILES string of the molecule is Cc1cnc(NC(=O)COc2ccc(Cl)cc2Br)s1. The fourth-order valence-corrected chi connectivity index (χ4v) is 2.78. The molecule has 100 valence electrons. The number of nitrogens with one attached hydrogen (secondary N) is 1. The minimum atomic E-state index is -0.254. The highest BCUT2D eigenvalue weighted by molar-refractivity contribution is 9.10. The van der Waals surface area contributed by atoms with E-state index in [1.54, 1.807) is 24.4 Å². The largest absolute Gasteiger partial charge is 0.483 e. The van der Waals surface area contributed by atoms with Crippen LogP contribution in [-0.4, -0.2) is 17.5 Å². The number of thiazole rings is 1. The van der Waals surface area contributed by atoms with Gasteiger partial charge in [0.2, 0.25) is 0 Å². The predicted octanol–water partition coefficient (Wildman–Crippen LogP) is 3.88. The maximum Gasteiger partial charge on any atom is 0.264 e. The van der Waals surface area contributed by atoms with Gasteiger partial charge in [-0.3, -0.25) is 10.1 Å². The topological polar surface area (TPSA) is 51.2 Å². The number of rotatable bonds is 4. The number of benzene rings is 1. The van der Waals surface area contributed by atoms with E-state index in [9.17, 15) is 4.79 Å². The van der Waals surface area contributed by atoms with Crippen molar-refractivity contribution in [2.75, 3.05) is 11.9 Å². The van der Waals surface area contributed by atoms with Gasteiger partial charge in [-0.25, -0.2) is 4.98 Å². The summed E-state index contributed by atoms with van der Waals surface area (Å²) in [4.78, 5) is 16.7. The third-order valence-electron chi connectivity index (χ3n) is 2.12. The fraction of sp³-hybridized carbons (Fsp3) is 0.167. The molecule has 0 atom stereocenters. The van der Waals surface area contributed by atoms with E-state index in [1.165, 1.54) is 11.3 Å². The molecule has 7 heteroatoms. The predicted molar refractivity (Wildman–Crippen MR) is 80.1 cm³/mol. The molecule has 0 saturated heterocycles. The molecule has 0 saturated carbocycles. The highest BCUT2D eigenvalue weighted by atomic mass is 79.9. The number of aromatic nitrogens is 1. The molecule has 1 aromatic carbocycles. The van der Waals surface area contributed by atoms with Gasteiger partial charge in [0.1, 0.15) is 5.75 Å². The first kappa shape index (κ1) is 14.3. The number of nitrogens with zero attached hydrogens (tertiary/aromatic N) is 1. The monoisotopic (exact) mass is 360 g/mol. The molecular formula is C12H10BrClN2O2S. The first-order valence-electron chi connectivity index (χ1n) is 5.35. The quantitative estimate of drug-likeness (QED) is 0.899. The molecule has 1 amide bonds. The lowest BCUT2D eigenvalue weighted by Gasteiger charge is -2.07. The standard InChI is InChI=1S/C12H10BrClN2O2S/c1-7-5-15-12(19-7)16-11(17)6-18-10-3-2-8(14)4-9(10)13/h2-5H,6H2,1H3,(H,15,16,17). The van der Waals surface area contributed by atoms with Crippen molar-refractivity contribution < 1.29 is 9.53 Å². The van der Waals surface area contributed by atoms with Crippen LogP contribution in [-0.2, 0) is 4.79 Å². The summed E-state index contributed by atoms with van der Waals surface area (Å²) in [7, 11) is 0. The smallest absolute Gasteiger partial charge is 0.264 e. The number of carbonyl (C=O) groups excluding carboxylic acids is 1. The second-order valence-electron chi connectivity index (χ2n) is 3.69. The van der Waals surface area contributed by atoms with Crippen LogP contribution in [0, 0.1) is 6.92 Å². The molecule has 1 N–H and O–H groups in total. The van der Waals surface area contributed by atoms with Crippen LogP contribution < -0.4 is 10.1 Å². The normalized spacial score (nSPS) is 10.3. The second-order valence-corrected chi connectivity index (χ2v) is 6.21. The Balaban J connectivity index is 1.89. The number of ether oxygens (including phenoxy) is 1. The van der Waals surface area contributed by atoms with Crippen LogP contribution in [0.1, 0.15) is 4.88 Å². The van der Waals surface area contributed by atoms with Crippen LogP contribution >= 0.6 is 38.9 Å². The van der Waals surface area contributed by atoms with Gasteiger partial charge in [0.15, 0.2) is 11.7 Å². The van der Waals surface area contributed by atoms with Crippen LogP contribution in [0.15, 0.2) is 28.9 Å². The average molecular weight is 362 g/mol. The molecule has 2 aromatic rings. The number of anilines is 1. The zero-order valence-electron chi connectivity index (χ0n) is 9.94. The maximum atomic E-state index is 11.7. The molecule has 4 nitrogen and oxygen atoms in total. The summed E-state index contributed by atoms with van der Waals surface area (Å²) in [5.41, 5.74) is 0. The van der Waals surface area contributed by atoms with E-state index < -0.39 is 0 Å². The van der Waals surface area contributed by atoms with Crippen LogP contribution in [0.3, 0.4) is 0 Å². The van der Waals surface area contributed by atoms with E-state index in [-0.39, 0.29) is 12.5 Å². The molecule has 0 bridgehead atoms. The Labute approximate surface area is 127 Å². The molecule has 1 aromatic heterocycles. The highest BCUT2D eigenvalue weighted by Gasteiger charge is 2.08. The number of carbonyl (C=O) groups is 1. The van der Waals surface area contributed by atoms with E-state index in [2.05, 4.69) is 26.2 Å². The summed E-state index contributed by atoms with van der Waals surface area (Å²) in [6.45, 7) is 1.84. The van der Waals surface area contributed by atoms with E-state index in [1.807, 2.05) is 6.92 Å². The van der Waals surface area contributed by atoms with E-state index in [0.717, 1.165) is 4.88 Å². The molecule has 0 aliphatic heterocycles. The van der Waals surface area contributed by atoms with Crippen LogP contribution in [0.2, 0.25) is 5.02 Å². The molecule has 0 unspecified atom stereocenters. The third kappa shape index (κ3) is 4.19. The Bertz CT molecular complexity index is 603. The third-order valence-corrected chi connectivity index (χ3v) is 3.80. The minimum Gasteiger partial charge on any atom is -0.483 e. The molecule has 0 fully saturated rings. The van der Waals surface area contributed by atoms with Crippen LogP contribution in [0.4, 0.5) is 5.13 Å². The molecule has 0 spiro atoms. The van der Waals surface area contributed by atoms with Crippen molar-refractivity contribution in [1.82, 2.24) is 4.98 Å². The molecule has 2 rings (SSSR count). The molecule has 0 aliphatic carbocycles. The van der Waals surface area contributed by atoms with Crippen LogP contribution in [0.25, 0.3) is 0 Å². The van der Waals surface area contributed by atoms with Crippen molar-refractivity contribution in [3.05, 3.63) is 38.8 Å². The van der Waals surface area contributed by atoms with E-state index in [4.69, 9.17) is 16.3 Å². The van der Waals surface area contributed by atoms with Crippen molar-refractivity contribution in [3.63, 3.8) is 0 Å². The molecular weight excluding hydrogens is 352 g/mol. The lowest BCUT2D eigenvalue weighted by Crippen LogP contribution is -2.20. The summed E-state index contributed by atoms with van der Waals surface area (Å²) in [6, 6.07) is 5.11. The lowest BCUT2D eigenvalue weighted by atomic mass is 10.3. The van der Waals surface area contributed by atoms with E-state index in [0.29, 0.717) is 20.4 Å². The molecule has 19 heavy (non-hydrogen) atoms. The molecule has 0 radical (unpaired) electrons. The molecule has 0 aliphatic rings. The zero-order valence-corrected chi connectivity index (χ0v) is 13.1. The molecule has 1 heterocycles. The first-order valence-corrected chi connectivity index (χ1v) is 7.33. The summed E-state index contributed by atoms with van der Waals surface area (Å²) in [6.07, 6.45) is 1.71. The van der Waals surface area contributed by atoms with Crippen molar-refractivity contribution in [1.29, 1.82) is 0 Å². The van der Waals surface area contributed by atoms with Gasteiger partial charge in [0.25, 0.3) is 5.91 Å². The summed E-state index contributed by atoms with van der Waals surface area (Å²) < 4.78 is 6.10. The Morgan fingerprint density at radius 2 is 2.37 bits per heavy atom. The fourth-order valence-electron chi connectivity index (χ4n) is 1.30. The van der Waals surface area contributed by atoms with Gasteiger partial charge in [-0.05, 0) is 41.1 Å². The number of aryl methyl sites for hydroxylation is 1. The van der Waals surface area contributed by atoms with E-state index >= 15 is 0 Å². The minimum absolute atomic E-state index is 0.0845. The number of hydrogen-bond acceptors (Lipinski definition) is 4. The van der Waals surface area contributed by atoms with Gasteiger partial charge in [-0.15, -0.1) is 11.3 Å². The van der Waals surface area contributed by atoms with Gasteiger partial charge in [0, 0.05) is 16.1 Å². The number of hydrogen-bond donors (Lipinski definition) is 1. The summed E-state index contributed by atoms with van der Waals surface area (Å²) in [5.74, 6) is 0.311. The van der Waals surface area contributed by atoms with Gasteiger partial charge in [0.05, 0.1) is 4.47 Å².